The molecule has 0 radical (unpaired) electrons. The molecule has 0 saturated carbocycles. The monoisotopic (exact) mass is 205 g/mol. The van der Waals surface area contributed by atoms with Crippen molar-refractivity contribution in [2.24, 2.45) is 5.41 Å². The third-order valence-electron chi connectivity index (χ3n) is 2.55. The van der Waals surface area contributed by atoms with Crippen LogP contribution in [-0.2, 0) is 0 Å². The van der Waals surface area contributed by atoms with Crippen LogP contribution in [0.2, 0.25) is 0 Å². The van der Waals surface area contributed by atoms with Crippen molar-refractivity contribution in [3.63, 3.8) is 0 Å². The van der Waals surface area contributed by atoms with Gasteiger partial charge in [0.2, 0.25) is 0 Å². The van der Waals surface area contributed by atoms with Crippen LogP contribution in [0.5, 0.6) is 5.75 Å². The number of para-hydroxylation sites is 2. The van der Waals surface area contributed by atoms with Gasteiger partial charge in [-0.25, -0.2) is 0 Å². The predicted octanol–water partition coefficient (Wildman–Crippen LogP) is 3.30. The quantitative estimate of drug-likeness (QED) is 0.759. The highest BCUT2D eigenvalue weighted by atomic mass is 16.5. The van der Waals surface area contributed by atoms with Crippen LogP contribution in [-0.4, -0.2) is 12.6 Å². The van der Waals surface area contributed by atoms with Gasteiger partial charge in [0.05, 0.1) is 11.7 Å². The Labute approximate surface area is 91.6 Å². The van der Waals surface area contributed by atoms with E-state index in [0.29, 0.717) is 11.5 Å². The zero-order chi connectivity index (χ0) is 10.9. The molecule has 0 amide bonds. The van der Waals surface area contributed by atoms with E-state index >= 15 is 0 Å². The van der Waals surface area contributed by atoms with Crippen LogP contribution in [0, 0.1) is 5.41 Å². The van der Waals surface area contributed by atoms with Gasteiger partial charge in [0.1, 0.15) is 12.4 Å². The van der Waals surface area contributed by atoms with Gasteiger partial charge in [-0.15, -0.1) is 0 Å². The normalized spacial score (nSPS) is 20.1. The minimum Gasteiger partial charge on any atom is -0.489 e. The maximum atomic E-state index is 5.72. The molecule has 82 valence electrons. The molecule has 1 N–H and O–H groups in total. The molecule has 2 nitrogen and oxygen atoms in total. The summed E-state index contributed by atoms with van der Waals surface area (Å²) in [6.07, 6.45) is 1.13. The Kier molecular flexibility index (Phi) is 2.59. The van der Waals surface area contributed by atoms with Gasteiger partial charge in [-0.1, -0.05) is 32.9 Å². The average Bonchev–Trinajstić information content (AvgIpc) is 2.15. The summed E-state index contributed by atoms with van der Waals surface area (Å²) in [5.41, 5.74) is 1.46. The summed E-state index contributed by atoms with van der Waals surface area (Å²) in [7, 11) is 0. The Morgan fingerprint density at radius 3 is 2.80 bits per heavy atom. The molecule has 0 saturated heterocycles. The molecule has 1 atom stereocenters. The molecule has 1 aromatic rings. The number of benzene rings is 1. The second-order valence-electron chi connectivity index (χ2n) is 5.41. The molecule has 1 aliphatic heterocycles. The second kappa shape index (κ2) is 3.76. The minimum atomic E-state index is 0.341. The highest BCUT2D eigenvalue weighted by molar-refractivity contribution is 5.58. The highest BCUT2D eigenvalue weighted by Crippen LogP contribution is 2.31. The fourth-order valence-electron chi connectivity index (χ4n) is 2.01. The number of hydrogen-bond acceptors (Lipinski definition) is 2. The summed E-state index contributed by atoms with van der Waals surface area (Å²) in [5, 5.41) is 3.53. The van der Waals surface area contributed by atoms with Crippen molar-refractivity contribution < 1.29 is 4.74 Å². The first-order chi connectivity index (χ1) is 7.04. The molecule has 1 heterocycles. The zero-order valence-electron chi connectivity index (χ0n) is 9.71. The highest BCUT2D eigenvalue weighted by Gasteiger charge is 2.23. The van der Waals surface area contributed by atoms with Gasteiger partial charge in [-0.3, -0.25) is 0 Å². The Morgan fingerprint density at radius 2 is 2.07 bits per heavy atom. The number of hydrogen-bond donors (Lipinski definition) is 1. The Morgan fingerprint density at radius 1 is 1.33 bits per heavy atom. The first-order valence-corrected chi connectivity index (χ1v) is 5.53. The molecule has 0 bridgehead atoms. The van der Waals surface area contributed by atoms with Crippen molar-refractivity contribution >= 4 is 5.69 Å². The topological polar surface area (TPSA) is 21.3 Å². The summed E-state index contributed by atoms with van der Waals surface area (Å²) in [6.45, 7) is 7.55. The van der Waals surface area contributed by atoms with Gasteiger partial charge in [0, 0.05) is 0 Å². The summed E-state index contributed by atoms with van der Waals surface area (Å²) < 4.78 is 5.72. The van der Waals surface area contributed by atoms with Crippen LogP contribution in [0.4, 0.5) is 5.69 Å². The van der Waals surface area contributed by atoms with Crippen LogP contribution in [0.1, 0.15) is 27.2 Å². The second-order valence-corrected chi connectivity index (χ2v) is 5.41. The van der Waals surface area contributed by atoms with E-state index in [4.69, 9.17) is 4.74 Å². The van der Waals surface area contributed by atoms with E-state index in [0.717, 1.165) is 24.5 Å². The van der Waals surface area contributed by atoms with Crippen LogP contribution in [0.25, 0.3) is 0 Å². The molecule has 1 aromatic carbocycles. The van der Waals surface area contributed by atoms with Crippen LogP contribution >= 0.6 is 0 Å². The molecule has 15 heavy (non-hydrogen) atoms. The van der Waals surface area contributed by atoms with E-state index in [-0.39, 0.29) is 0 Å². The van der Waals surface area contributed by atoms with E-state index in [9.17, 15) is 0 Å². The van der Waals surface area contributed by atoms with Gasteiger partial charge in [0.25, 0.3) is 0 Å². The minimum absolute atomic E-state index is 0.341. The summed E-state index contributed by atoms with van der Waals surface area (Å²) >= 11 is 0. The maximum Gasteiger partial charge on any atom is 0.142 e. The zero-order valence-corrected chi connectivity index (χ0v) is 9.71. The molecule has 2 rings (SSSR count). The molecule has 0 fully saturated rings. The number of rotatable bonds is 1. The van der Waals surface area contributed by atoms with E-state index < -0.39 is 0 Å². The fourth-order valence-corrected chi connectivity index (χ4v) is 2.01. The molecule has 2 heteroatoms. The standard InChI is InChI=1S/C13H19NO/c1-13(2,3)8-10-9-15-12-7-5-4-6-11(12)14-10/h4-7,10,14H,8-9H2,1-3H3. The largest absolute Gasteiger partial charge is 0.489 e. The van der Waals surface area contributed by atoms with Crippen LogP contribution in [0.3, 0.4) is 0 Å². The van der Waals surface area contributed by atoms with Crippen molar-refractivity contribution in [3.05, 3.63) is 24.3 Å². The lowest BCUT2D eigenvalue weighted by atomic mass is 9.88. The lowest BCUT2D eigenvalue weighted by Gasteiger charge is -2.31. The summed E-state index contributed by atoms with van der Waals surface area (Å²) in [4.78, 5) is 0. The Balaban J connectivity index is 2.06. The first kappa shape index (κ1) is 10.3. The van der Waals surface area contributed by atoms with Crippen LogP contribution < -0.4 is 10.1 Å². The number of fused-ring (bicyclic) bond motifs is 1. The molecule has 1 unspecified atom stereocenters. The van der Waals surface area contributed by atoms with E-state index in [1.807, 2.05) is 18.2 Å². The SMILES string of the molecule is CC(C)(C)CC1COc2ccccc2N1. The van der Waals surface area contributed by atoms with Crippen molar-refractivity contribution in [3.8, 4) is 5.75 Å². The van der Waals surface area contributed by atoms with Crippen molar-refractivity contribution in [2.75, 3.05) is 11.9 Å². The number of anilines is 1. The molecular weight excluding hydrogens is 186 g/mol. The van der Waals surface area contributed by atoms with Crippen molar-refractivity contribution in [1.29, 1.82) is 0 Å². The molecular formula is C13H19NO. The molecule has 0 spiro atoms. The van der Waals surface area contributed by atoms with Gasteiger partial charge in [0.15, 0.2) is 0 Å². The number of nitrogens with one attached hydrogen (secondary N) is 1. The van der Waals surface area contributed by atoms with Gasteiger partial charge >= 0.3 is 0 Å². The lowest BCUT2D eigenvalue weighted by Crippen LogP contribution is -2.34. The Bertz CT molecular complexity index is 341. The fraction of sp³-hybridized carbons (Fsp3) is 0.538. The van der Waals surface area contributed by atoms with Crippen LogP contribution in [0.15, 0.2) is 24.3 Å². The van der Waals surface area contributed by atoms with E-state index in [1.165, 1.54) is 0 Å². The predicted molar refractivity (Wildman–Crippen MR) is 63.4 cm³/mol. The van der Waals surface area contributed by atoms with Gasteiger partial charge in [-0.05, 0) is 24.0 Å². The lowest BCUT2D eigenvalue weighted by molar-refractivity contribution is 0.240. The molecule has 0 aromatic heterocycles. The average molecular weight is 205 g/mol. The molecule has 0 aliphatic carbocycles. The smallest absolute Gasteiger partial charge is 0.142 e. The summed E-state index contributed by atoms with van der Waals surface area (Å²) in [6, 6.07) is 8.55. The van der Waals surface area contributed by atoms with E-state index in [1.54, 1.807) is 0 Å². The third-order valence-corrected chi connectivity index (χ3v) is 2.55. The van der Waals surface area contributed by atoms with Crippen molar-refractivity contribution in [1.82, 2.24) is 0 Å². The Hall–Kier alpha value is -1.18. The maximum absolute atomic E-state index is 5.72. The molecule has 1 aliphatic rings. The summed E-state index contributed by atoms with van der Waals surface area (Å²) in [5.74, 6) is 0.975. The number of ether oxygens (including phenoxy) is 1. The first-order valence-electron chi connectivity index (χ1n) is 5.53. The third kappa shape index (κ3) is 2.65. The van der Waals surface area contributed by atoms with E-state index in [2.05, 4.69) is 32.2 Å². The van der Waals surface area contributed by atoms with Gasteiger partial charge < -0.3 is 10.1 Å². The van der Waals surface area contributed by atoms with Crippen molar-refractivity contribution in [2.45, 2.75) is 33.2 Å². The van der Waals surface area contributed by atoms with Gasteiger partial charge in [-0.2, -0.15) is 0 Å².